The van der Waals surface area contributed by atoms with Crippen molar-refractivity contribution in [1.29, 1.82) is 0 Å². The summed E-state index contributed by atoms with van der Waals surface area (Å²) in [5.41, 5.74) is 0.961. The van der Waals surface area contributed by atoms with Gasteiger partial charge in [-0.3, -0.25) is 0 Å². The van der Waals surface area contributed by atoms with E-state index in [1.165, 1.54) is 12.8 Å². The van der Waals surface area contributed by atoms with Crippen LogP contribution in [-0.4, -0.2) is 18.2 Å². The summed E-state index contributed by atoms with van der Waals surface area (Å²) in [5, 5.41) is 15.1. The van der Waals surface area contributed by atoms with Gasteiger partial charge in [-0.05, 0) is 36.4 Å². The van der Waals surface area contributed by atoms with Gasteiger partial charge in [0.05, 0.1) is 0 Å². The fourth-order valence-electron chi connectivity index (χ4n) is 3.09. The lowest BCUT2D eigenvalue weighted by Gasteiger charge is -2.35. The molecule has 22 heavy (non-hydrogen) atoms. The van der Waals surface area contributed by atoms with E-state index < -0.39 is 5.60 Å². The zero-order valence-corrected chi connectivity index (χ0v) is 13.2. The molecule has 2 nitrogen and oxygen atoms in total. The van der Waals surface area contributed by atoms with Crippen molar-refractivity contribution < 1.29 is 5.11 Å². The van der Waals surface area contributed by atoms with Crippen LogP contribution in [0.2, 0.25) is 0 Å². The number of benzene rings is 2. The first-order valence-electron chi connectivity index (χ1n) is 8.25. The fraction of sp³-hybridized carbons (Fsp3) is 0.400. The lowest BCUT2D eigenvalue weighted by atomic mass is 9.77. The van der Waals surface area contributed by atoms with Crippen LogP contribution in [0.5, 0.6) is 0 Å². The van der Waals surface area contributed by atoms with Crippen molar-refractivity contribution in [2.45, 2.75) is 25.4 Å². The van der Waals surface area contributed by atoms with E-state index in [-0.39, 0.29) is 5.92 Å². The molecular formula is C20H25NO. The van der Waals surface area contributed by atoms with Gasteiger partial charge < -0.3 is 10.4 Å². The number of hydrogen-bond donors (Lipinski definition) is 2. The van der Waals surface area contributed by atoms with Crippen LogP contribution in [0.1, 0.15) is 30.9 Å². The van der Waals surface area contributed by atoms with Crippen molar-refractivity contribution in [2.24, 2.45) is 11.8 Å². The summed E-state index contributed by atoms with van der Waals surface area (Å²) in [6, 6.07) is 20.0. The third-order valence-corrected chi connectivity index (χ3v) is 4.72. The van der Waals surface area contributed by atoms with Crippen LogP contribution in [-0.2, 0) is 5.60 Å². The average molecular weight is 295 g/mol. The molecule has 3 rings (SSSR count). The highest BCUT2D eigenvalue weighted by Crippen LogP contribution is 2.36. The second-order valence-electron chi connectivity index (χ2n) is 6.50. The van der Waals surface area contributed by atoms with Gasteiger partial charge in [-0.2, -0.15) is 0 Å². The Labute approximate surface area is 133 Å². The topological polar surface area (TPSA) is 32.3 Å². The first kappa shape index (κ1) is 15.3. The van der Waals surface area contributed by atoms with Crippen LogP contribution >= 0.6 is 0 Å². The van der Waals surface area contributed by atoms with E-state index in [1.807, 2.05) is 60.7 Å². The highest BCUT2D eigenvalue weighted by Gasteiger charge is 2.37. The van der Waals surface area contributed by atoms with Gasteiger partial charge in [0.25, 0.3) is 0 Å². The predicted octanol–water partition coefficient (Wildman–Crippen LogP) is 3.56. The van der Waals surface area contributed by atoms with Gasteiger partial charge in [0, 0.05) is 12.5 Å². The maximum atomic E-state index is 11.6. The van der Waals surface area contributed by atoms with Gasteiger partial charge in [-0.1, -0.05) is 67.6 Å². The minimum absolute atomic E-state index is 0.0936. The van der Waals surface area contributed by atoms with Gasteiger partial charge in [0.15, 0.2) is 0 Å². The Morgan fingerprint density at radius 1 is 1.00 bits per heavy atom. The van der Waals surface area contributed by atoms with Crippen LogP contribution in [0.4, 0.5) is 0 Å². The molecule has 1 saturated carbocycles. The molecule has 1 aliphatic carbocycles. The third-order valence-electron chi connectivity index (χ3n) is 4.72. The highest BCUT2D eigenvalue weighted by atomic mass is 16.3. The monoisotopic (exact) mass is 295 g/mol. The standard InChI is InChI=1S/C20H25NO/c1-16(14-21-15-17-12-13-17)20(22,18-8-4-2-5-9-18)19-10-6-3-7-11-19/h2-11,16-17,21-22H,12-15H2,1H3/t16-/m0/s1. The molecule has 1 atom stereocenters. The van der Waals surface area contributed by atoms with Crippen LogP contribution < -0.4 is 5.32 Å². The van der Waals surface area contributed by atoms with E-state index in [9.17, 15) is 5.11 Å². The van der Waals surface area contributed by atoms with E-state index in [0.29, 0.717) is 0 Å². The van der Waals surface area contributed by atoms with Crippen LogP contribution in [0.25, 0.3) is 0 Å². The molecule has 0 heterocycles. The molecule has 0 spiro atoms. The first-order chi connectivity index (χ1) is 10.7. The molecule has 0 aliphatic heterocycles. The lowest BCUT2D eigenvalue weighted by Crippen LogP contribution is -2.40. The predicted molar refractivity (Wildman–Crippen MR) is 90.6 cm³/mol. The van der Waals surface area contributed by atoms with Crippen LogP contribution in [0.15, 0.2) is 60.7 Å². The summed E-state index contributed by atoms with van der Waals surface area (Å²) in [6.45, 7) is 4.01. The molecule has 1 aliphatic rings. The number of rotatable bonds is 7. The van der Waals surface area contributed by atoms with Gasteiger partial charge in [-0.15, -0.1) is 0 Å². The molecule has 0 amide bonds. The maximum absolute atomic E-state index is 11.6. The summed E-state index contributed by atoms with van der Waals surface area (Å²) in [5.74, 6) is 0.949. The smallest absolute Gasteiger partial charge is 0.118 e. The Kier molecular flexibility index (Phi) is 4.60. The fourth-order valence-corrected chi connectivity index (χ4v) is 3.09. The minimum Gasteiger partial charge on any atom is -0.380 e. The molecule has 0 unspecified atom stereocenters. The van der Waals surface area contributed by atoms with Gasteiger partial charge >= 0.3 is 0 Å². The number of aliphatic hydroxyl groups is 1. The summed E-state index contributed by atoms with van der Waals surface area (Å²) >= 11 is 0. The normalized spacial score (nSPS) is 16.5. The molecule has 2 aromatic rings. The van der Waals surface area contributed by atoms with E-state index in [2.05, 4.69) is 12.2 Å². The Morgan fingerprint density at radius 2 is 1.50 bits per heavy atom. The van der Waals surface area contributed by atoms with Gasteiger partial charge in [-0.25, -0.2) is 0 Å². The van der Waals surface area contributed by atoms with Crippen molar-refractivity contribution in [3.63, 3.8) is 0 Å². The zero-order valence-electron chi connectivity index (χ0n) is 13.2. The van der Waals surface area contributed by atoms with Crippen molar-refractivity contribution in [3.8, 4) is 0 Å². The molecule has 2 N–H and O–H groups in total. The molecule has 0 aromatic heterocycles. The maximum Gasteiger partial charge on any atom is 0.118 e. The third kappa shape index (κ3) is 3.23. The minimum atomic E-state index is -0.959. The first-order valence-corrected chi connectivity index (χ1v) is 8.25. The molecule has 2 heteroatoms. The lowest BCUT2D eigenvalue weighted by molar-refractivity contribution is 0.0240. The summed E-state index contributed by atoms with van der Waals surface area (Å²) < 4.78 is 0. The molecule has 0 bridgehead atoms. The van der Waals surface area contributed by atoms with E-state index in [4.69, 9.17) is 0 Å². The quantitative estimate of drug-likeness (QED) is 0.818. The summed E-state index contributed by atoms with van der Waals surface area (Å²) in [7, 11) is 0. The van der Waals surface area contributed by atoms with Crippen molar-refractivity contribution in [2.75, 3.05) is 13.1 Å². The Balaban J connectivity index is 1.85. The van der Waals surface area contributed by atoms with Crippen LogP contribution in [0.3, 0.4) is 0 Å². The molecule has 0 radical (unpaired) electrons. The molecule has 2 aromatic carbocycles. The molecule has 0 saturated heterocycles. The van der Waals surface area contributed by atoms with Gasteiger partial charge in [0.2, 0.25) is 0 Å². The molecular weight excluding hydrogens is 270 g/mol. The van der Waals surface area contributed by atoms with Crippen LogP contribution in [0, 0.1) is 11.8 Å². The zero-order chi connectivity index (χ0) is 15.4. The summed E-state index contributed by atoms with van der Waals surface area (Å²) in [4.78, 5) is 0. The number of nitrogens with one attached hydrogen (secondary N) is 1. The Hall–Kier alpha value is -1.64. The van der Waals surface area contributed by atoms with E-state index in [0.717, 1.165) is 30.1 Å². The SMILES string of the molecule is C[C@@H](CNCC1CC1)C(O)(c1ccccc1)c1ccccc1. The summed E-state index contributed by atoms with van der Waals surface area (Å²) in [6.07, 6.45) is 2.70. The van der Waals surface area contributed by atoms with Gasteiger partial charge in [0.1, 0.15) is 5.60 Å². The second kappa shape index (κ2) is 6.64. The van der Waals surface area contributed by atoms with Crippen molar-refractivity contribution in [3.05, 3.63) is 71.8 Å². The largest absolute Gasteiger partial charge is 0.380 e. The Bertz CT molecular complexity index is 538. The van der Waals surface area contributed by atoms with Crippen molar-refractivity contribution >= 4 is 0 Å². The van der Waals surface area contributed by atoms with Crippen molar-refractivity contribution in [1.82, 2.24) is 5.32 Å². The van der Waals surface area contributed by atoms with E-state index in [1.54, 1.807) is 0 Å². The number of hydrogen-bond acceptors (Lipinski definition) is 2. The molecule has 116 valence electrons. The Morgan fingerprint density at radius 3 is 1.95 bits per heavy atom. The highest BCUT2D eigenvalue weighted by molar-refractivity contribution is 5.36. The molecule has 1 fully saturated rings. The second-order valence-corrected chi connectivity index (χ2v) is 6.50. The van der Waals surface area contributed by atoms with E-state index >= 15 is 0 Å². The average Bonchev–Trinajstić information content (AvgIpc) is 3.40.